The highest BCUT2D eigenvalue weighted by Gasteiger charge is 2.20. The van der Waals surface area contributed by atoms with E-state index in [9.17, 15) is 0 Å². The van der Waals surface area contributed by atoms with Gasteiger partial charge in [-0.15, -0.1) is 0 Å². The Bertz CT molecular complexity index is 847. The smallest absolute Gasteiger partial charge is 0.240 e. The van der Waals surface area contributed by atoms with Crippen LogP contribution in [0.4, 0.5) is 0 Å². The fourth-order valence-electron chi connectivity index (χ4n) is 2.79. The predicted octanol–water partition coefficient (Wildman–Crippen LogP) is 2.64. The lowest BCUT2D eigenvalue weighted by Crippen LogP contribution is -2.30. The molecule has 1 aliphatic rings. The number of nitrogens with zero attached hydrogens (tertiary/aromatic N) is 5. The fourth-order valence-corrected chi connectivity index (χ4v) is 3.13. The molecule has 112 valence electrons. The molecule has 3 aromatic heterocycles. The van der Waals surface area contributed by atoms with Gasteiger partial charge in [0.15, 0.2) is 11.5 Å². The van der Waals surface area contributed by atoms with E-state index in [2.05, 4.69) is 48.1 Å². The maximum absolute atomic E-state index is 5.21. The summed E-state index contributed by atoms with van der Waals surface area (Å²) in [5.74, 6) is 1.34. The lowest BCUT2D eigenvalue weighted by atomic mass is 10.0. The van der Waals surface area contributed by atoms with Gasteiger partial charge in [-0.2, -0.15) is 4.98 Å². The summed E-state index contributed by atoms with van der Waals surface area (Å²) in [7, 11) is 0. The number of aromatic nitrogens is 4. The molecule has 22 heavy (non-hydrogen) atoms. The van der Waals surface area contributed by atoms with Gasteiger partial charge in [0.25, 0.3) is 0 Å². The molecular formula is C15H14BrN5O. The van der Waals surface area contributed by atoms with Gasteiger partial charge in [-0.05, 0) is 40.5 Å². The SMILES string of the molecule is Cc1noc(CN2CCc3nc4ncc(Br)cc4cc3C2)n1. The molecule has 0 N–H and O–H groups in total. The van der Waals surface area contributed by atoms with Gasteiger partial charge in [0.05, 0.1) is 6.54 Å². The third-order valence-electron chi connectivity index (χ3n) is 3.79. The zero-order chi connectivity index (χ0) is 15.1. The molecule has 0 atom stereocenters. The molecule has 3 aromatic rings. The molecule has 6 nitrogen and oxygen atoms in total. The second-order valence-electron chi connectivity index (χ2n) is 5.49. The fraction of sp³-hybridized carbons (Fsp3) is 0.333. The van der Waals surface area contributed by atoms with Crippen LogP contribution in [0.1, 0.15) is 23.0 Å². The summed E-state index contributed by atoms with van der Waals surface area (Å²) in [6.07, 6.45) is 2.70. The molecule has 0 bridgehead atoms. The van der Waals surface area contributed by atoms with E-state index >= 15 is 0 Å². The zero-order valence-corrected chi connectivity index (χ0v) is 13.7. The number of aryl methyl sites for hydroxylation is 1. The molecule has 0 spiro atoms. The topological polar surface area (TPSA) is 67.9 Å². The molecule has 0 saturated carbocycles. The van der Waals surface area contributed by atoms with E-state index in [4.69, 9.17) is 9.51 Å². The predicted molar refractivity (Wildman–Crippen MR) is 84.1 cm³/mol. The van der Waals surface area contributed by atoms with E-state index in [0.717, 1.165) is 40.7 Å². The first-order valence-electron chi connectivity index (χ1n) is 7.13. The van der Waals surface area contributed by atoms with Crippen molar-refractivity contribution in [2.45, 2.75) is 26.4 Å². The first kappa shape index (κ1) is 13.8. The zero-order valence-electron chi connectivity index (χ0n) is 12.1. The van der Waals surface area contributed by atoms with E-state index in [1.165, 1.54) is 5.56 Å². The number of rotatable bonds is 2. The maximum Gasteiger partial charge on any atom is 0.240 e. The van der Waals surface area contributed by atoms with Crippen molar-refractivity contribution in [1.82, 2.24) is 25.0 Å². The highest BCUT2D eigenvalue weighted by molar-refractivity contribution is 9.10. The Morgan fingerprint density at radius 2 is 2.23 bits per heavy atom. The number of fused-ring (bicyclic) bond motifs is 2. The van der Waals surface area contributed by atoms with Gasteiger partial charge in [0.1, 0.15) is 0 Å². The van der Waals surface area contributed by atoms with Gasteiger partial charge in [-0.1, -0.05) is 5.16 Å². The second kappa shape index (κ2) is 5.40. The molecule has 4 heterocycles. The summed E-state index contributed by atoms with van der Waals surface area (Å²) in [6, 6.07) is 4.23. The van der Waals surface area contributed by atoms with E-state index < -0.39 is 0 Å². The molecule has 0 radical (unpaired) electrons. The normalized spacial score (nSPS) is 15.2. The number of hydrogen-bond acceptors (Lipinski definition) is 6. The summed E-state index contributed by atoms with van der Waals surface area (Å²) in [5.41, 5.74) is 3.19. The molecule has 0 saturated heterocycles. The Morgan fingerprint density at radius 1 is 1.32 bits per heavy atom. The van der Waals surface area contributed by atoms with Crippen molar-refractivity contribution in [3.63, 3.8) is 0 Å². The monoisotopic (exact) mass is 359 g/mol. The molecule has 0 unspecified atom stereocenters. The van der Waals surface area contributed by atoms with Crippen molar-refractivity contribution in [3.05, 3.63) is 45.8 Å². The highest BCUT2D eigenvalue weighted by atomic mass is 79.9. The van der Waals surface area contributed by atoms with E-state index in [-0.39, 0.29) is 0 Å². The summed E-state index contributed by atoms with van der Waals surface area (Å²) < 4.78 is 6.17. The molecule has 0 fully saturated rings. The Balaban J connectivity index is 1.61. The highest BCUT2D eigenvalue weighted by Crippen LogP contribution is 2.24. The molecule has 0 amide bonds. The van der Waals surface area contributed by atoms with Crippen LogP contribution in [0.25, 0.3) is 11.0 Å². The molecule has 4 rings (SSSR count). The minimum Gasteiger partial charge on any atom is -0.338 e. The van der Waals surface area contributed by atoms with Crippen LogP contribution >= 0.6 is 15.9 Å². The molecule has 1 aliphatic heterocycles. The van der Waals surface area contributed by atoms with Crippen molar-refractivity contribution >= 4 is 27.0 Å². The van der Waals surface area contributed by atoms with Crippen molar-refractivity contribution in [3.8, 4) is 0 Å². The average molecular weight is 360 g/mol. The number of pyridine rings is 2. The first-order valence-corrected chi connectivity index (χ1v) is 7.92. The molecule has 0 aliphatic carbocycles. The van der Waals surface area contributed by atoms with Crippen molar-refractivity contribution < 1.29 is 4.52 Å². The lowest BCUT2D eigenvalue weighted by molar-refractivity contribution is 0.209. The Labute approximate surface area is 135 Å². The largest absolute Gasteiger partial charge is 0.338 e. The van der Waals surface area contributed by atoms with Crippen LogP contribution in [0.5, 0.6) is 0 Å². The van der Waals surface area contributed by atoms with Crippen LogP contribution in [-0.2, 0) is 19.5 Å². The molecule has 0 aromatic carbocycles. The van der Waals surface area contributed by atoms with Crippen molar-refractivity contribution in [1.29, 1.82) is 0 Å². The summed E-state index contributed by atoms with van der Waals surface area (Å²) in [4.78, 5) is 15.6. The Hall–Kier alpha value is -1.86. The van der Waals surface area contributed by atoms with Gasteiger partial charge in [-0.25, -0.2) is 9.97 Å². The Morgan fingerprint density at radius 3 is 3.05 bits per heavy atom. The van der Waals surface area contributed by atoms with Crippen LogP contribution in [0.15, 0.2) is 27.3 Å². The van der Waals surface area contributed by atoms with Crippen LogP contribution in [0, 0.1) is 6.92 Å². The minimum atomic E-state index is 0.666. The van der Waals surface area contributed by atoms with Crippen molar-refractivity contribution in [2.75, 3.05) is 6.54 Å². The summed E-state index contributed by atoms with van der Waals surface area (Å²) in [5, 5.41) is 4.90. The minimum absolute atomic E-state index is 0.666. The van der Waals surface area contributed by atoms with Gasteiger partial charge in [-0.3, -0.25) is 4.90 Å². The van der Waals surface area contributed by atoms with E-state index in [1.54, 1.807) is 6.20 Å². The molecular weight excluding hydrogens is 346 g/mol. The standard InChI is InChI=1S/C15H14BrN5O/c1-9-18-14(22-20-9)8-21-3-2-13-11(7-21)4-10-5-12(16)6-17-15(10)19-13/h4-6H,2-3,7-8H2,1H3. The van der Waals surface area contributed by atoms with Crippen LogP contribution < -0.4 is 0 Å². The van der Waals surface area contributed by atoms with Crippen LogP contribution in [0.2, 0.25) is 0 Å². The van der Waals surface area contributed by atoms with Crippen LogP contribution in [-0.4, -0.2) is 31.6 Å². The third kappa shape index (κ3) is 2.62. The maximum atomic E-state index is 5.21. The average Bonchev–Trinajstić information content (AvgIpc) is 2.90. The van der Waals surface area contributed by atoms with Gasteiger partial charge < -0.3 is 4.52 Å². The molecule has 7 heteroatoms. The summed E-state index contributed by atoms with van der Waals surface area (Å²) in [6.45, 7) is 4.28. The third-order valence-corrected chi connectivity index (χ3v) is 4.22. The first-order chi connectivity index (χ1) is 10.7. The summed E-state index contributed by atoms with van der Waals surface area (Å²) >= 11 is 3.46. The van der Waals surface area contributed by atoms with Gasteiger partial charge >= 0.3 is 0 Å². The Kier molecular flexibility index (Phi) is 3.38. The van der Waals surface area contributed by atoms with E-state index in [1.807, 2.05) is 6.92 Å². The quantitative estimate of drug-likeness (QED) is 0.700. The van der Waals surface area contributed by atoms with Gasteiger partial charge in [0.2, 0.25) is 5.89 Å². The van der Waals surface area contributed by atoms with Gasteiger partial charge in [0, 0.05) is 41.3 Å². The van der Waals surface area contributed by atoms with Crippen LogP contribution in [0.3, 0.4) is 0 Å². The second-order valence-corrected chi connectivity index (χ2v) is 6.41. The lowest BCUT2D eigenvalue weighted by Gasteiger charge is -2.26. The van der Waals surface area contributed by atoms with Crippen molar-refractivity contribution in [2.24, 2.45) is 0 Å². The van der Waals surface area contributed by atoms with E-state index in [0.29, 0.717) is 18.3 Å². The number of halogens is 1. The number of hydrogen-bond donors (Lipinski definition) is 0.